The second-order valence-corrected chi connectivity index (χ2v) is 4.20. The van der Waals surface area contributed by atoms with Crippen LogP contribution in [-0.2, 0) is 11.0 Å². The smallest absolute Gasteiger partial charge is 0.295 e. The minimum Gasteiger partial charge on any atom is -0.295 e. The molecule has 0 spiro atoms. The van der Waals surface area contributed by atoms with Gasteiger partial charge in [-0.05, 0) is 31.2 Å². The van der Waals surface area contributed by atoms with Crippen molar-refractivity contribution in [3.8, 4) is 11.4 Å². The lowest BCUT2D eigenvalue weighted by molar-refractivity contribution is -0.137. The fraction of sp³-hybridized carbons (Fsp3) is 0.154. The molecule has 2 aromatic rings. The number of benzene rings is 1. The van der Waals surface area contributed by atoms with E-state index >= 15 is 0 Å². The van der Waals surface area contributed by atoms with Crippen LogP contribution in [0.2, 0.25) is 0 Å². The van der Waals surface area contributed by atoms with Crippen LogP contribution in [0.4, 0.5) is 17.6 Å². The van der Waals surface area contributed by atoms with Crippen LogP contribution in [0.5, 0.6) is 0 Å². The zero-order chi connectivity index (χ0) is 15.6. The van der Waals surface area contributed by atoms with Gasteiger partial charge in [-0.2, -0.15) is 13.2 Å². The highest BCUT2D eigenvalue weighted by Gasteiger charge is 2.31. The first kappa shape index (κ1) is 14.9. The molecule has 0 N–H and O–H groups in total. The predicted molar refractivity (Wildman–Crippen MR) is 66.4 cm³/mol. The van der Waals surface area contributed by atoms with E-state index in [1.807, 2.05) is 0 Å². The Hall–Kier alpha value is -2.51. The summed E-state index contributed by atoms with van der Waals surface area (Å²) in [6.45, 7) is 1.33. The van der Waals surface area contributed by atoms with E-state index in [1.54, 1.807) is 0 Å². The number of halogens is 4. The average molecular weight is 299 g/mol. The van der Waals surface area contributed by atoms with Crippen molar-refractivity contribution in [3.63, 3.8) is 0 Å². The van der Waals surface area contributed by atoms with Gasteiger partial charge in [0.25, 0.3) is 0 Å². The van der Waals surface area contributed by atoms with Crippen LogP contribution in [0.3, 0.4) is 0 Å². The SMILES string of the molecule is CC(=O)/C=C\n1cnc(-c2cc(F)cc(C(F)(F)F)c2)n1. The lowest BCUT2D eigenvalue weighted by Gasteiger charge is -2.07. The first-order chi connectivity index (χ1) is 9.75. The lowest BCUT2D eigenvalue weighted by atomic mass is 10.1. The molecule has 0 saturated carbocycles. The van der Waals surface area contributed by atoms with Gasteiger partial charge in [-0.25, -0.2) is 14.1 Å². The summed E-state index contributed by atoms with van der Waals surface area (Å²) in [5.41, 5.74) is -1.22. The van der Waals surface area contributed by atoms with Gasteiger partial charge >= 0.3 is 6.18 Å². The van der Waals surface area contributed by atoms with E-state index in [2.05, 4.69) is 10.1 Å². The molecule has 0 aliphatic carbocycles. The topological polar surface area (TPSA) is 47.8 Å². The molecule has 0 amide bonds. The molecule has 4 nitrogen and oxygen atoms in total. The molecule has 0 saturated heterocycles. The van der Waals surface area contributed by atoms with Crippen LogP contribution >= 0.6 is 0 Å². The number of carbonyl (C=O) groups is 1. The molecule has 2 rings (SSSR count). The predicted octanol–water partition coefficient (Wildman–Crippen LogP) is 3.16. The molecule has 1 heterocycles. The Morgan fingerprint density at radius 3 is 2.62 bits per heavy atom. The second kappa shape index (κ2) is 5.47. The van der Waals surface area contributed by atoms with E-state index in [0.717, 1.165) is 16.8 Å². The van der Waals surface area contributed by atoms with E-state index in [1.165, 1.54) is 25.5 Å². The van der Waals surface area contributed by atoms with Gasteiger partial charge in [0.1, 0.15) is 12.1 Å². The third kappa shape index (κ3) is 3.74. The Kier molecular flexibility index (Phi) is 3.88. The fourth-order valence-corrected chi connectivity index (χ4v) is 1.54. The third-order valence-corrected chi connectivity index (χ3v) is 2.45. The summed E-state index contributed by atoms with van der Waals surface area (Å²) < 4.78 is 52.3. The summed E-state index contributed by atoms with van der Waals surface area (Å²) in [4.78, 5) is 14.6. The van der Waals surface area contributed by atoms with Crippen molar-refractivity contribution in [1.29, 1.82) is 0 Å². The number of rotatable bonds is 3. The second-order valence-electron chi connectivity index (χ2n) is 4.20. The third-order valence-electron chi connectivity index (χ3n) is 2.45. The molecule has 0 unspecified atom stereocenters. The largest absolute Gasteiger partial charge is 0.416 e. The van der Waals surface area contributed by atoms with Crippen LogP contribution in [0.1, 0.15) is 12.5 Å². The molecule has 21 heavy (non-hydrogen) atoms. The molecule has 1 aromatic carbocycles. The quantitative estimate of drug-likeness (QED) is 0.646. The summed E-state index contributed by atoms with van der Waals surface area (Å²) >= 11 is 0. The number of ketones is 1. The van der Waals surface area contributed by atoms with E-state index in [9.17, 15) is 22.4 Å². The number of allylic oxidation sites excluding steroid dienone is 1. The van der Waals surface area contributed by atoms with Crippen LogP contribution in [0, 0.1) is 5.82 Å². The Labute approximate surface area is 116 Å². The van der Waals surface area contributed by atoms with Crippen molar-refractivity contribution in [2.75, 3.05) is 0 Å². The maximum absolute atomic E-state index is 13.3. The monoisotopic (exact) mass is 299 g/mol. The molecule has 110 valence electrons. The lowest BCUT2D eigenvalue weighted by Crippen LogP contribution is -2.05. The molecule has 0 aliphatic heterocycles. The highest BCUT2D eigenvalue weighted by atomic mass is 19.4. The minimum atomic E-state index is -4.66. The Bertz CT molecular complexity index is 704. The molecule has 1 aromatic heterocycles. The first-order valence-corrected chi connectivity index (χ1v) is 5.74. The molecule has 0 bridgehead atoms. The number of nitrogens with zero attached hydrogens (tertiary/aromatic N) is 3. The number of hydrogen-bond acceptors (Lipinski definition) is 3. The van der Waals surface area contributed by atoms with Gasteiger partial charge in [0.2, 0.25) is 0 Å². The van der Waals surface area contributed by atoms with Crippen molar-refractivity contribution in [1.82, 2.24) is 14.8 Å². The molecule has 0 radical (unpaired) electrons. The standard InChI is InChI=1S/C13H9F4N3O/c1-8(21)2-3-20-7-18-12(19-20)9-4-10(13(15,16)17)6-11(14)5-9/h2-7H,1H3/b3-2-. The highest BCUT2D eigenvalue weighted by Crippen LogP contribution is 2.32. The van der Waals surface area contributed by atoms with Crippen LogP contribution in [0.15, 0.2) is 30.6 Å². The van der Waals surface area contributed by atoms with E-state index in [4.69, 9.17) is 0 Å². The van der Waals surface area contributed by atoms with E-state index in [-0.39, 0.29) is 17.2 Å². The van der Waals surface area contributed by atoms with Gasteiger partial charge in [-0.3, -0.25) is 4.79 Å². The zero-order valence-corrected chi connectivity index (χ0v) is 10.7. The van der Waals surface area contributed by atoms with Gasteiger partial charge in [0, 0.05) is 11.8 Å². The van der Waals surface area contributed by atoms with Crippen molar-refractivity contribution < 1.29 is 22.4 Å². The molecule has 0 atom stereocenters. The summed E-state index contributed by atoms with van der Waals surface area (Å²) in [6.07, 6.45) is -0.950. The average Bonchev–Trinajstić information content (AvgIpc) is 2.83. The summed E-state index contributed by atoms with van der Waals surface area (Å²) in [6, 6.07) is 2.07. The maximum Gasteiger partial charge on any atom is 0.416 e. The number of carbonyl (C=O) groups excluding carboxylic acids is 1. The maximum atomic E-state index is 13.3. The molecular weight excluding hydrogens is 290 g/mol. The highest BCUT2D eigenvalue weighted by molar-refractivity contribution is 5.89. The van der Waals surface area contributed by atoms with Crippen molar-refractivity contribution in [3.05, 3.63) is 42.0 Å². The molecule has 0 fully saturated rings. The van der Waals surface area contributed by atoms with Gasteiger partial charge in [0.15, 0.2) is 11.6 Å². The molecule has 8 heteroatoms. The van der Waals surface area contributed by atoms with Crippen LogP contribution < -0.4 is 0 Å². The summed E-state index contributed by atoms with van der Waals surface area (Å²) in [5, 5.41) is 3.85. The van der Waals surface area contributed by atoms with Gasteiger partial charge < -0.3 is 0 Å². The van der Waals surface area contributed by atoms with E-state index in [0.29, 0.717) is 6.07 Å². The van der Waals surface area contributed by atoms with Crippen LogP contribution in [-0.4, -0.2) is 20.5 Å². The first-order valence-electron chi connectivity index (χ1n) is 5.74. The Morgan fingerprint density at radius 2 is 2.00 bits per heavy atom. The molecular formula is C13H9F4N3O. The number of alkyl halides is 3. The minimum absolute atomic E-state index is 0.0757. The Morgan fingerprint density at radius 1 is 1.29 bits per heavy atom. The molecule has 0 aliphatic rings. The normalized spacial score (nSPS) is 12.0. The zero-order valence-electron chi connectivity index (χ0n) is 10.7. The van der Waals surface area contributed by atoms with Gasteiger partial charge in [-0.15, -0.1) is 5.10 Å². The summed E-state index contributed by atoms with van der Waals surface area (Å²) in [5.74, 6) is -1.33. The van der Waals surface area contributed by atoms with Crippen molar-refractivity contribution >= 4 is 12.0 Å². The van der Waals surface area contributed by atoms with Crippen LogP contribution in [0.25, 0.3) is 17.6 Å². The summed E-state index contributed by atoms with van der Waals surface area (Å²) in [7, 11) is 0. The van der Waals surface area contributed by atoms with E-state index < -0.39 is 17.6 Å². The Balaban J connectivity index is 2.39. The van der Waals surface area contributed by atoms with Gasteiger partial charge in [-0.1, -0.05) is 0 Å². The number of hydrogen-bond donors (Lipinski definition) is 0. The van der Waals surface area contributed by atoms with Crippen molar-refractivity contribution in [2.45, 2.75) is 13.1 Å². The van der Waals surface area contributed by atoms with Crippen molar-refractivity contribution in [2.24, 2.45) is 0 Å². The fourth-order valence-electron chi connectivity index (χ4n) is 1.54. The van der Waals surface area contributed by atoms with Gasteiger partial charge in [0.05, 0.1) is 5.56 Å². The number of aromatic nitrogens is 3.